The highest BCUT2D eigenvalue weighted by Crippen LogP contribution is 2.27. The van der Waals surface area contributed by atoms with E-state index in [0.29, 0.717) is 5.56 Å². The Morgan fingerprint density at radius 3 is 2.82 bits per heavy atom. The van der Waals surface area contributed by atoms with Gasteiger partial charge in [0.05, 0.1) is 6.21 Å². The zero-order chi connectivity index (χ0) is 12.3. The Morgan fingerprint density at radius 2 is 2.06 bits per heavy atom. The SMILES string of the molecule is CC(=O)N/N=C/c1ccc2ccccc2c1O. The van der Waals surface area contributed by atoms with E-state index in [-0.39, 0.29) is 11.7 Å². The van der Waals surface area contributed by atoms with Gasteiger partial charge in [0.2, 0.25) is 5.91 Å². The van der Waals surface area contributed by atoms with Gasteiger partial charge < -0.3 is 5.11 Å². The van der Waals surface area contributed by atoms with E-state index in [1.807, 2.05) is 30.3 Å². The standard InChI is InChI=1S/C13H12N2O2/c1-9(16)15-14-8-11-7-6-10-4-2-3-5-12(10)13(11)17/h2-8,17H,1H3,(H,15,16)/b14-8+. The van der Waals surface area contributed by atoms with Gasteiger partial charge in [-0.2, -0.15) is 5.10 Å². The number of carbonyl (C=O) groups is 1. The Bertz CT molecular complexity index is 591. The van der Waals surface area contributed by atoms with Gasteiger partial charge in [-0.25, -0.2) is 5.43 Å². The first-order valence-electron chi connectivity index (χ1n) is 5.19. The number of phenols is 1. The van der Waals surface area contributed by atoms with E-state index < -0.39 is 0 Å². The summed E-state index contributed by atoms with van der Waals surface area (Å²) >= 11 is 0. The summed E-state index contributed by atoms with van der Waals surface area (Å²) in [5.74, 6) is -0.0845. The van der Waals surface area contributed by atoms with Gasteiger partial charge in [0.15, 0.2) is 0 Å². The number of hydrogen-bond acceptors (Lipinski definition) is 3. The molecule has 0 aromatic heterocycles. The second-order valence-corrected chi connectivity index (χ2v) is 3.65. The molecule has 2 rings (SSSR count). The fraction of sp³-hybridized carbons (Fsp3) is 0.0769. The monoisotopic (exact) mass is 228 g/mol. The average molecular weight is 228 g/mol. The van der Waals surface area contributed by atoms with Crippen LogP contribution in [-0.2, 0) is 4.79 Å². The summed E-state index contributed by atoms with van der Waals surface area (Å²) in [6.45, 7) is 1.37. The van der Waals surface area contributed by atoms with Gasteiger partial charge in [0.25, 0.3) is 0 Å². The van der Waals surface area contributed by atoms with Crippen molar-refractivity contribution in [3.63, 3.8) is 0 Å². The highest BCUT2D eigenvalue weighted by molar-refractivity contribution is 5.97. The number of fused-ring (bicyclic) bond motifs is 1. The summed E-state index contributed by atoms with van der Waals surface area (Å²) in [4.78, 5) is 10.6. The third-order valence-electron chi connectivity index (χ3n) is 2.36. The summed E-state index contributed by atoms with van der Waals surface area (Å²) in [5, 5.41) is 15.5. The molecular formula is C13H12N2O2. The van der Waals surface area contributed by atoms with Gasteiger partial charge in [0, 0.05) is 17.9 Å². The maximum Gasteiger partial charge on any atom is 0.236 e. The molecular weight excluding hydrogens is 216 g/mol. The van der Waals surface area contributed by atoms with Crippen LogP contribution in [0, 0.1) is 0 Å². The predicted octanol–water partition coefficient (Wildman–Crippen LogP) is 2.02. The number of amides is 1. The van der Waals surface area contributed by atoms with Gasteiger partial charge >= 0.3 is 0 Å². The molecule has 0 aliphatic carbocycles. The maximum atomic E-state index is 10.6. The fourth-order valence-corrected chi connectivity index (χ4v) is 1.57. The highest BCUT2D eigenvalue weighted by Gasteiger charge is 2.03. The lowest BCUT2D eigenvalue weighted by Gasteiger charge is -2.03. The van der Waals surface area contributed by atoms with E-state index in [1.165, 1.54) is 13.1 Å². The average Bonchev–Trinajstić information content (AvgIpc) is 2.32. The first-order chi connectivity index (χ1) is 8.18. The minimum absolute atomic E-state index is 0.164. The highest BCUT2D eigenvalue weighted by atomic mass is 16.3. The number of carbonyl (C=O) groups excluding carboxylic acids is 1. The Balaban J connectivity index is 2.39. The molecule has 0 aliphatic heterocycles. The number of hydrogen-bond donors (Lipinski definition) is 2. The Labute approximate surface area is 98.6 Å². The second kappa shape index (κ2) is 4.65. The molecule has 0 unspecified atom stereocenters. The molecule has 0 aliphatic rings. The molecule has 0 bridgehead atoms. The fourth-order valence-electron chi connectivity index (χ4n) is 1.57. The van der Waals surface area contributed by atoms with Crippen LogP contribution in [0.2, 0.25) is 0 Å². The van der Waals surface area contributed by atoms with Crippen molar-refractivity contribution in [1.29, 1.82) is 0 Å². The molecule has 0 fully saturated rings. The van der Waals surface area contributed by atoms with Crippen molar-refractivity contribution < 1.29 is 9.90 Å². The normalized spacial score (nSPS) is 10.9. The number of hydrazone groups is 1. The molecule has 0 heterocycles. The predicted molar refractivity (Wildman–Crippen MR) is 67.0 cm³/mol. The molecule has 2 N–H and O–H groups in total. The van der Waals surface area contributed by atoms with Crippen molar-refractivity contribution in [2.75, 3.05) is 0 Å². The first-order valence-corrected chi connectivity index (χ1v) is 5.19. The third kappa shape index (κ3) is 2.42. The number of nitrogens with one attached hydrogen (secondary N) is 1. The molecule has 0 atom stereocenters. The number of rotatable bonds is 2. The van der Waals surface area contributed by atoms with Crippen molar-refractivity contribution in [3.05, 3.63) is 42.0 Å². The van der Waals surface area contributed by atoms with E-state index >= 15 is 0 Å². The topological polar surface area (TPSA) is 61.7 Å². The third-order valence-corrected chi connectivity index (χ3v) is 2.36. The van der Waals surface area contributed by atoms with E-state index in [1.54, 1.807) is 6.07 Å². The van der Waals surface area contributed by atoms with Crippen LogP contribution >= 0.6 is 0 Å². The lowest BCUT2D eigenvalue weighted by molar-refractivity contribution is -0.118. The van der Waals surface area contributed by atoms with Gasteiger partial charge in [-0.05, 0) is 11.5 Å². The molecule has 0 spiro atoms. The number of nitrogens with zero attached hydrogens (tertiary/aromatic N) is 1. The zero-order valence-electron chi connectivity index (χ0n) is 9.34. The largest absolute Gasteiger partial charge is 0.507 e. The maximum absolute atomic E-state index is 10.6. The number of aromatic hydroxyl groups is 1. The van der Waals surface area contributed by atoms with Crippen molar-refractivity contribution in [1.82, 2.24) is 5.43 Å². The smallest absolute Gasteiger partial charge is 0.236 e. The molecule has 1 amide bonds. The minimum Gasteiger partial charge on any atom is -0.507 e. The number of benzene rings is 2. The Hall–Kier alpha value is -2.36. The molecule has 0 radical (unpaired) electrons. The molecule has 4 heteroatoms. The lowest BCUT2D eigenvalue weighted by atomic mass is 10.1. The zero-order valence-corrected chi connectivity index (χ0v) is 9.34. The summed E-state index contributed by atoms with van der Waals surface area (Å²) in [7, 11) is 0. The molecule has 0 saturated heterocycles. The summed E-state index contributed by atoms with van der Waals surface area (Å²) in [5.41, 5.74) is 2.86. The van der Waals surface area contributed by atoms with E-state index in [9.17, 15) is 9.90 Å². The van der Waals surface area contributed by atoms with Gasteiger partial charge in [0.1, 0.15) is 5.75 Å². The summed E-state index contributed by atoms with van der Waals surface area (Å²) in [6.07, 6.45) is 1.42. The van der Waals surface area contributed by atoms with Crippen LogP contribution < -0.4 is 5.43 Å². The van der Waals surface area contributed by atoms with Crippen molar-refractivity contribution in [2.24, 2.45) is 5.10 Å². The second-order valence-electron chi connectivity index (χ2n) is 3.65. The first kappa shape index (κ1) is 11.1. The minimum atomic E-state index is -0.249. The molecule has 0 saturated carbocycles. The van der Waals surface area contributed by atoms with Crippen LogP contribution in [0.4, 0.5) is 0 Å². The molecule has 2 aromatic rings. The Kier molecular flexibility index (Phi) is 3.05. The molecule has 86 valence electrons. The van der Waals surface area contributed by atoms with Crippen LogP contribution in [0.25, 0.3) is 10.8 Å². The summed E-state index contributed by atoms with van der Waals surface area (Å²) < 4.78 is 0. The Morgan fingerprint density at radius 1 is 1.29 bits per heavy atom. The van der Waals surface area contributed by atoms with Crippen molar-refractivity contribution >= 4 is 22.9 Å². The van der Waals surface area contributed by atoms with Crippen LogP contribution in [0.15, 0.2) is 41.5 Å². The van der Waals surface area contributed by atoms with Crippen LogP contribution in [0.1, 0.15) is 12.5 Å². The van der Waals surface area contributed by atoms with Crippen LogP contribution in [-0.4, -0.2) is 17.2 Å². The van der Waals surface area contributed by atoms with E-state index in [0.717, 1.165) is 10.8 Å². The van der Waals surface area contributed by atoms with Gasteiger partial charge in [-0.1, -0.05) is 30.3 Å². The molecule has 2 aromatic carbocycles. The van der Waals surface area contributed by atoms with E-state index in [2.05, 4.69) is 10.5 Å². The lowest BCUT2D eigenvalue weighted by Crippen LogP contribution is -2.12. The van der Waals surface area contributed by atoms with Gasteiger partial charge in [-0.15, -0.1) is 0 Å². The van der Waals surface area contributed by atoms with Crippen LogP contribution in [0.5, 0.6) is 5.75 Å². The molecule has 4 nitrogen and oxygen atoms in total. The van der Waals surface area contributed by atoms with Gasteiger partial charge in [-0.3, -0.25) is 4.79 Å². The van der Waals surface area contributed by atoms with Crippen molar-refractivity contribution in [3.8, 4) is 5.75 Å². The van der Waals surface area contributed by atoms with E-state index in [4.69, 9.17) is 0 Å². The summed E-state index contributed by atoms with van der Waals surface area (Å²) in [6, 6.07) is 11.2. The van der Waals surface area contributed by atoms with Crippen molar-refractivity contribution in [2.45, 2.75) is 6.92 Å². The number of phenolic OH excluding ortho intramolecular Hbond substituents is 1. The van der Waals surface area contributed by atoms with Crippen LogP contribution in [0.3, 0.4) is 0 Å². The quantitative estimate of drug-likeness (QED) is 0.610. The molecule has 17 heavy (non-hydrogen) atoms.